The standard InChI is InChI=1S/C20H21NO2/c22-19(16-8-2-1-3-9-16)13-14-20(23)21-18-12-6-10-15-7-4-5-11-17(15)18/h1-5,7-9,11,18H,6,10,12-14H2,(H,21,23). The van der Waals surface area contributed by atoms with Gasteiger partial charge < -0.3 is 5.32 Å². The highest BCUT2D eigenvalue weighted by Gasteiger charge is 2.21. The van der Waals surface area contributed by atoms with Crippen LogP contribution in [0.1, 0.15) is 53.2 Å². The number of amides is 1. The van der Waals surface area contributed by atoms with Crippen LogP contribution < -0.4 is 5.32 Å². The zero-order chi connectivity index (χ0) is 16.1. The summed E-state index contributed by atoms with van der Waals surface area (Å²) in [6, 6.07) is 17.5. The van der Waals surface area contributed by atoms with Gasteiger partial charge in [-0.2, -0.15) is 0 Å². The molecule has 1 N–H and O–H groups in total. The topological polar surface area (TPSA) is 46.2 Å². The van der Waals surface area contributed by atoms with Crippen LogP contribution in [0, 0.1) is 0 Å². The van der Waals surface area contributed by atoms with Crippen LogP contribution in [0.4, 0.5) is 0 Å². The molecule has 118 valence electrons. The molecular weight excluding hydrogens is 286 g/mol. The van der Waals surface area contributed by atoms with E-state index >= 15 is 0 Å². The Hall–Kier alpha value is -2.42. The summed E-state index contributed by atoms with van der Waals surface area (Å²) >= 11 is 0. The number of Topliss-reactive ketones (excluding diaryl/α,β-unsaturated/α-hetero) is 1. The molecule has 2 aromatic carbocycles. The van der Waals surface area contributed by atoms with Crippen LogP contribution in [0.25, 0.3) is 0 Å². The molecule has 3 nitrogen and oxygen atoms in total. The average Bonchev–Trinajstić information content (AvgIpc) is 2.61. The molecule has 0 saturated heterocycles. The minimum absolute atomic E-state index is 0.0183. The number of hydrogen-bond donors (Lipinski definition) is 1. The number of nitrogens with one attached hydrogen (secondary N) is 1. The molecule has 1 atom stereocenters. The van der Waals surface area contributed by atoms with E-state index in [4.69, 9.17) is 0 Å². The van der Waals surface area contributed by atoms with E-state index < -0.39 is 0 Å². The number of fused-ring (bicyclic) bond motifs is 1. The number of aryl methyl sites for hydroxylation is 1. The highest BCUT2D eigenvalue weighted by Crippen LogP contribution is 2.29. The van der Waals surface area contributed by atoms with Crippen LogP contribution >= 0.6 is 0 Å². The minimum atomic E-state index is -0.0454. The van der Waals surface area contributed by atoms with Gasteiger partial charge in [-0.1, -0.05) is 54.6 Å². The second-order valence-corrected chi connectivity index (χ2v) is 6.00. The Bertz CT molecular complexity index is 694. The summed E-state index contributed by atoms with van der Waals surface area (Å²) in [5, 5.41) is 3.09. The summed E-state index contributed by atoms with van der Waals surface area (Å²) in [6.07, 6.45) is 3.63. The molecule has 3 heteroatoms. The monoisotopic (exact) mass is 307 g/mol. The van der Waals surface area contributed by atoms with E-state index in [1.54, 1.807) is 12.1 Å². The second kappa shape index (κ2) is 7.23. The van der Waals surface area contributed by atoms with Crippen molar-refractivity contribution in [3.63, 3.8) is 0 Å². The summed E-state index contributed by atoms with van der Waals surface area (Å²) in [5.74, 6) is -0.0271. The normalized spacial score (nSPS) is 16.4. The number of carbonyl (C=O) groups excluding carboxylic acids is 2. The Morgan fingerprint density at radius 2 is 1.70 bits per heavy atom. The lowest BCUT2D eigenvalue weighted by atomic mass is 9.87. The Kier molecular flexibility index (Phi) is 4.86. The molecule has 0 aromatic heterocycles. The van der Waals surface area contributed by atoms with Crippen LogP contribution in [0.3, 0.4) is 0 Å². The van der Waals surface area contributed by atoms with E-state index in [1.165, 1.54) is 11.1 Å². The van der Waals surface area contributed by atoms with Crippen LogP contribution in [0.5, 0.6) is 0 Å². The molecule has 0 spiro atoms. The molecule has 23 heavy (non-hydrogen) atoms. The third-order valence-corrected chi connectivity index (χ3v) is 4.38. The molecule has 3 rings (SSSR count). The summed E-state index contributed by atoms with van der Waals surface area (Å²) in [4.78, 5) is 24.3. The molecule has 1 unspecified atom stereocenters. The molecule has 0 heterocycles. The van der Waals surface area contributed by atoms with Gasteiger partial charge in [0.1, 0.15) is 0 Å². The van der Waals surface area contributed by atoms with Crippen LogP contribution in [0.15, 0.2) is 54.6 Å². The van der Waals surface area contributed by atoms with Crippen molar-refractivity contribution < 1.29 is 9.59 Å². The van der Waals surface area contributed by atoms with E-state index in [9.17, 15) is 9.59 Å². The fraction of sp³-hybridized carbons (Fsp3) is 0.300. The maximum Gasteiger partial charge on any atom is 0.220 e. The highest BCUT2D eigenvalue weighted by atomic mass is 16.2. The maximum absolute atomic E-state index is 12.2. The molecular formula is C20H21NO2. The van der Waals surface area contributed by atoms with Crippen LogP contribution in [-0.2, 0) is 11.2 Å². The molecule has 0 fully saturated rings. The van der Waals surface area contributed by atoms with Gasteiger partial charge in [0, 0.05) is 18.4 Å². The summed E-state index contributed by atoms with van der Waals surface area (Å²) in [6.45, 7) is 0. The first-order chi connectivity index (χ1) is 11.2. The van der Waals surface area contributed by atoms with Crippen molar-refractivity contribution in [2.24, 2.45) is 0 Å². The van der Waals surface area contributed by atoms with Gasteiger partial charge in [0.25, 0.3) is 0 Å². The summed E-state index contributed by atoms with van der Waals surface area (Å²) < 4.78 is 0. The van der Waals surface area contributed by atoms with Gasteiger partial charge in [-0.05, 0) is 30.4 Å². The van der Waals surface area contributed by atoms with Crippen molar-refractivity contribution >= 4 is 11.7 Å². The zero-order valence-corrected chi connectivity index (χ0v) is 13.1. The molecule has 1 amide bonds. The van der Waals surface area contributed by atoms with Crippen molar-refractivity contribution in [3.8, 4) is 0 Å². The fourth-order valence-electron chi connectivity index (χ4n) is 3.17. The number of benzene rings is 2. The molecule has 0 saturated carbocycles. The minimum Gasteiger partial charge on any atom is -0.349 e. The number of ketones is 1. The van der Waals surface area contributed by atoms with E-state index in [-0.39, 0.29) is 30.6 Å². The van der Waals surface area contributed by atoms with Crippen LogP contribution in [0.2, 0.25) is 0 Å². The first-order valence-electron chi connectivity index (χ1n) is 8.19. The lowest BCUT2D eigenvalue weighted by Crippen LogP contribution is -2.31. The lowest BCUT2D eigenvalue weighted by Gasteiger charge is -2.26. The maximum atomic E-state index is 12.2. The largest absolute Gasteiger partial charge is 0.349 e. The molecule has 0 aliphatic heterocycles. The quantitative estimate of drug-likeness (QED) is 0.853. The van der Waals surface area contributed by atoms with Crippen molar-refractivity contribution in [2.75, 3.05) is 0 Å². The highest BCUT2D eigenvalue weighted by molar-refractivity contribution is 5.97. The Balaban J connectivity index is 1.55. The van der Waals surface area contributed by atoms with Crippen molar-refractivity contribution in [2.45, 2.75) is 38.1 Å². The Morgan fingerprint density at radius 3 is 2.52 bits per heavy atom. The van der Waals surface area contributed by atoms with E-state index in [2.05, 4.69) is 17.4 Å². The third kappa shape index (κ3) is 3.86. The number of rotatable bonds is 5. The second-order valence-electron chi connectivity index (χ2n) is 6.00. The first-order valence-corrected chi connectivity index (χ1v) is 8.19. The number of carbonyl (C=O) groups is 2. The fourth-order valence-corrected chi connectivity index (χ4v) is 3.17. The third-order valence-electron chi connectivity index (χ3n) is 4.38. The van der Waals surface area contributed by atoms with Gasteiger partial charge in [0.05, 0.1) is 6.04 Å². The summed E-state index contributed by atoms with van der Waals surface area (Å²) in [5.41, 5.74) is 3.22. The van der Waals surface area contributed by atoms with Gasteiger partial charge in [-0.25, -0.2) is 0 Å². The predicted molar refractivity (Wildman–Crippen MR) is 90.3 cm³/mol. The number of hydrogen-bond acceptors (Lipinski definition) is 2. The van der Waals surface area contributed by atoms with Gasteiger partial charge >= 0.3 is 0 Å². The van der Waals surface area contributed by atoms with Crippen molar-refractivity contribution in [1.29, 1.82) is 0 Å². The van der Waals surface area contributed by atoms with Gasteiger partial charge in [0.15, 0.2) is 5.78 Å². The van der Waals surface area contributed by atoms with Crippen molar-refractivity contribution in [3.05, 3.63) is 71.3 Å². The molecule has 0 radical (unpaired) electrons. The zero-order valence-electron chi connectivity index (χ0n) is 13.1. The lowest BCUT2D eigenvalue weighted by molar-refractivity contribution is -0.121. The van der Waals surface area contributed by atoms with Gasteiger partial charge in [-0.3, -0.25) is 9.59 Å². The van der Waals surface area contributed by atoms with E-state index in [0.29, 0.717) is 5.56 Å². The molecule has 1 aliphatic rings. The molecule has 0 bridgehead atoms. The van der Waals surface area contributed by atoms with Crippen LogP contribution in [-0.4, -0.2) is 11.7 Å². The van der Waals surface area contributed by atoms with Gasteiger partial charge in [-0.15, -0.1) is 0 Å². The predicted octanol–water partition coefficient (Wildman–Crippen LogP) is 3.84. The van der Waals surface area contributed by atoms with Gasteiger partial charge in [0.2, 0.25) is 5.91 Å². The molecule has 1 aliphatic carbocycles. The molecule has 2 aromatic rings. The van der Waals surface area contributed by atoms with E-state index in [0.717, 1.165) is 19.3 Å². The van der Waals surface area contributed by atoms with Crippen molar-refractivity contribution in [1.82, 2.24) is 5.32 Å². The smallest absolute Gasteiger partial charge is 0.220 e. The Labute approximate surface area is 136 Å². The van der Waals surface area contributed by atoms with E-state index in [1.807, 2.05) is 30.3 Å². The Morgan fingerprint density at radius 1 is 0.957 bits per heavy atom. The average molecular weight is 307 g/mol. The SMILES string of the molecule is O=C(CCC(=O)c1ccccc1)NC1CCCc2ccccc21. The first kappa shape index (κ1) is 15.5. The summed E-state index contributed by atoms with van der Waals surface area (Å²) in [7, 11) is 0.